The Morgan fingerprint density at radius 3 is 2.93 bits per heavy atom. The summed E-state index contributed by atoms with van der Waals surface area (Å²) in [6, 6.07) is 0.651. The van der Waals surface area contributed by atoms with Crippen molar-refractivity contribution in [3.05, 3.63) is 11.1 Å². The van der Waals surface area contributed by atoms with E-state index in [2.05, 4.69) is 31.1 Å². The SMILES string of the molecule is C/C(=C\Cl)CNC1CCN(C)CC1C. The van der Waals surface area contributed by atoms with Crippen LogP contribution in [0.25, 0.3) is 0 Å². The normalized spacial score (nSPS) is 30.7. The third-order valence-corrected chi connectivity index (χ3v) is 3.31. The van der Waals surface area contributed by atoms with Crippen molar-refractivity contribution in [1.29, 1.82) is 0 Å². The molecule has 1 fully saturated rings. The minimum atomic E-state index is 0.651. The summed E-state index contributed by atoms with van der Waals surface area (Å²) in [4.78, 5) is 2.40. The maximum absolute atomic E-state index is 5.62. The summed E-state index contributed by atoms with van der Waals surface area (Å²) >= 11 is 5.62. The van der Waals surface area contributed by atoms with E-state index < -0.39 is 0 Å². The molecule has 0 aromatic heterocycles. The van der Waals surface area contributed by atoms with Crippen LogP contribution in [-0.2, 0) is 0 Å². The monoisotopic (exact) mass is 216 g/mol. The van der Waals surface area contributed by atoms with Gasteiger partial charge in [0.1, 0.15) is 0 Å². The fraction of sp³-hybridized carbons (Fsp3) is 0.818. The van der Waals surface area contributed by atoms with E-state index >= 15 is 0 Å². The molecule has 0 aromatic rings. The van der Waals surface area contributed by atoms with E-state index in [-0.39, 0.29) is 0 Å². The molecule has 1 aliphatic heterocycles. The molecular formula is C11H21ClN2. The minimum Gasteiger partial charge on any atom is -0.310 e. The lowest BCUT2D eigenvalue weighted by molar-refractivity contribution is 0.177. The van der Waals surface area contributed by atoms with Crippen molar-refractivity contribution < 1.29 is 0 Å². The standard InChI is InChI=1S/C11H21ClN2/c1-9(6-12)7-13-11-4-5-14(3)8-10(11)2/h6,10-11,13H,4-5,7-8H2,1-3H3/b9-6+. The van der Waals surface area contributed by atoms with Crippen molar-refractivity contribution in [3.63, 3.8) is 0 Å². The van der Waals surface area contributed by atoms with Crippen molar-refractivity contribution in [1.82, 2.24) is 10.2 Å². The number of hydrogen-bond acceptors (Lipinski definition) is 2. The van der Waals surface area contributed by atoms with E-state index in [4.69, 9.17) is 11.6 Å². The molecule has 0 aliphatic carbocycles. The van der Waals surface area contributed by atoms with Gasteiger partial charge in [-0.05, 0) is 38.4 Å². The zero-order valence-corrected chi connectivity index (χ0v) is 10.1. The number of hydrogen-bond donors (Lipinski definition) is 1. The lowest BCUT2D eigenvalue weighted by atomic mass is 9.94. The van der Waals surface area contributed by atoms with E-state index in [1.807, 2.05) is 0 Å². The number of halogens is 1. The molecule has 0 bridgehead atoms. The maximum Gasteiger partial charge on any atom is 0.0176 e. The lowest BCUT2D eigenvalue weighted by Gasteiger charge is -2.35. The fourth-order valence-electron chi connectivity index (χ4n) is 1.99. The molecule has 1 heterocycles. The van der Waals surface area contributed by atoms with Crippen molar-refractivity contribution in [2.75, 3.05) is 26.7 Å². The Morgan fingerprint density at radius 2 is 2.36 bits per heavy atom. The van der Waals surface area contributed by atoms with Gasteiger partial charge in [-0.1, -0.05) is 18.5 Å². The highest BCUT2D eigenvalue weighted by Crippen LogP contribution is 2.15. The van der Waals surface area contributed by atoms with Crippen LogP contribution in [0.3, 0.4) is 0 Å². The highest BCUT2D eigenvalue weighted by atomic mass is 35.5. The third-order valence-electron chi connectivity index (χ3n) is 2.94. The van der Waals surface area contributed by atoms with Gasteiger partial charge < -0.3 is 10.2 Å². The first kappa shape index (κ1) is 12.0. The first-order valence-corrected chi connectivity index (χ1v) is 5.75. The summed E-state index contributed by atoms with van der Waals surface area (Å²) in [7, 11) is 2.19. The van der Waals surface area contributed by atoms with Crippen LogP contribution >= 0.6 is 11.6 Å². The van der Waals surface area contributed by atoms with Crippen molar-refractivity contribution in [3.8, 4) is 0 Å². The Labute approximate surface area is 92.3 Å². The second kappa shape index (κ2) is 5.74. The Kier molecular flexibility index (Phi) is 4.93. The summed E-state index contributed by atoms with van der Waals surface area (Å²) in [6.45, 7) is 7.68. The summed E-state index contributed by atoms with van der Waals surface area (Å²) in [5, 5.41) is 3.56. The molecule has 82 valence electrons. The van der Waals surface area contributed by atoms with Crippen LogP contribution in [0.2, 0.25) is 0 Å². The van der Waals surface area contributed by atoms with Gasteiger partial charge in [0.15, 0.2) is 0 Å². The average molecular weight is 217 g/mol. The molecule has 14 heavy (non-hydrogen) atoms. The molecule has 2 unspecified atom stereocenters. The van der Waals surface area contributed by atoms with Gasteiger partial charge in [0.25, 0.3) is 0 Å². The first-order chi connectivity index (χ1) is 6.63. The van der Waals surface area contributed by atoms with E-state index in [9.17, 15) is 0 Å². The van der Waals surface area contributed by atoms with E-state index in [0.29, 0.717) is 6.04 Å². The summed E-state index contributed by atoms with van der Waals surface area (Å²) in [5.41, 5.74) is 2.87. The minimum absolute atomic E-state index is 0.651. The fourth-order valence-corrected chi connectivity index (χ4v) is 2.07. The smallest absolute Gasteiger partial charge is 0.0176 e. The zero-order chi connectivity index (χ0) is 10.6. The number of nitrogens with zero attached hydrogens (tertiary/aromatic N) is 1. The van der Waals surface area contributed by atoms with Gasteiger partial charge in [-0.25, -0.2) is 0 Å². The number of nitrogens with one attached hydrogen (secondary N) is 1. The van der Waals surface area contributed by atoms with Crippen LogP contribution in [0, 0.1) is 5.92 Å². The Balaban J connectivity index is 2.31. The van der Waals surface area contributed by atoms with Gasteiger partial charge >= 0.3 is 0 Å². The number of likely N-dealkylation sites (tertiary alicyclic amines) is 1. The summed E-state index contributed by atoms with van der Waals surface area (Å²) < 4.78 is 0. The predicted octanol–water partition coefficient (Wildman–Crippen LogP) is 2.06. The topological polar surface area (TPSA) is 15.3 Å². The van der Waals surface area contributed by atoms with E-state index in [0.717, 1.165) is 12.5 Å². The van der Waals surface area contributed by atoms with E-state index in [1.54, 1.807) is 5.54 Å². The van der Waals surface area contributed by atoms with Crippen LogP contribution < -0.4 is 5.32 Å². The third kappa shape index (κ3) is 3.60. The molecule has 1 saturated heterocycles. The molecule has 0 aromatic carbocycles. The van der Waals surface area contributed by atoms with Crippen molar-refractivity contribution in [2.24, 2.45) is 5.92 Å². The Morgan fingerprint density at radius 1 is 1.64 bits per heavy atom. The Hall–Kier alpha value is -0.0500. The zero-order valence-electron chi connectivity index (χ0n) is 9.39. The van der Waals surface area contributed by atoms with Gasteiger partial charge in [0, 0.05) is 24.7 Å². The molecule has 0 amide bonds. The lowest BCUT2D eigenvalue weighted by Crippen LogP contribution is -2.47. The average Bonchev–Trinajstić information content (AvgIpc) is 2.16. The predicted molar refractivity (Wildman–Crippen MR) is 62.7 cm³/mol. The summed E-state index contributed by atoms with van der Waals surface area (Å²) in [6.07, 6.45) is 1.24. The number of rotatable bonds is 3. The highest BCUT2D eigenvalue weighted by Gasteiger charge is 2.23. The van der Waals surface area contributed by atoms with Crippen LogP contribution in [0.15, 0.2) is 11.1 Å². The van der Waals surface area contributed by atoms with Crippen molar-refractivity contribution in [2.45, 2.75) is 26.3 Å². The molecular weight excluding hydrogens is 196 g/mol. The first-order valence-electron chi connectivity index (χ1n) is 5.31. The van der Waals surface area contributed by atoms with Gasteiger partial charge in [-0.2, -0.15) is 0 Å². The van der Waals surface area contributed by atoms with Gasteiger partial charge in [0.2, 0.25) is 0 Å². The number of piperidine rings is 1. The molecule has 1 aliphatic rings. The molecule has 0 spiro atoms. The van der Waals surface area contributed by atoms with Gasteiger partial charge in [-0.15, -0.1) is 0 Å². The van der Waals surface area contributed by atoms with Crippen LogP contribution in [-0.4, -0.2) is 37.6 Å². The second-order valence-corrected chi connectivity index (χ2v) is 4.69. The molecule has 2 atom stereocenters. The van der Waals surface area contributed by atoms with Crippen LogP contribution in [0.4, 0.5) is 0 Å². The van der Waals surface area contributed by atoms with E-state index in [1.165, 1.54) is 25.1 Å². The maximum atomic E-state index is 5.62. The molecule has 1 N–H and O–H groups in total. The van der Waals surface area contributed by atoms with Gasteiger partial charge in [-0.3, -0.25) is 0 Å². The highest BCUT2D eigenvalue weighted by molar-refractivity contribution is 6.25. The van der Waals surface area contributed by atoms with Crippen molar-refractivity contribution >= 4 is 11.6 Å². The quantitative estimate of drug-likeness (QED) is 0.777. The molecule has 2 nitrogen and oxygen atoms in total. The van der Waals surface area contributed by atoms with Crippen LogP contribution in [0.1, 0.15) is 20.3 Å². The molecule has 1 rings (SSSR count). The molecule has 3 heteroatoms. The largest absolute Gasteiger partial charge is 0.310 e. The second-order valence-electron chi connectivity index (χ2n) is 4.47. The van der Waals surface area contributed by atoms with Crippen LogP contribution in [0.5, 0.6) is 0 Å². The van der Waals surface area contributed by atoms with Gasteiger partial charge in [0.05, 0.1) is 0 Å². The Bertz CT molecular complexity index is 203. The molecule has 0 saturated carbocycles. The summed E-state index contributed by atoms with van der Waals surface area (Å²) in [5.74, 6) is 0.733. The molecule has 0 radical (unpaired) electrons.